The fourth-order valence-electron chi connectivity index (χ4n) is 1.22. The smallest absolute Gasteiger partial charge is 0.322 e. The van der Waals surface area contributed by atoms with E-state index >= 15 is 0 Å². The Bertz CT molecular complexity index is 422. The number of nitrogens with two attached hydrogens (primary N) is 1. The van der Waals surface area contributed by atoms with Crippen LogP contribution in [0, 0.1) is 6.92 Å². The van der Waals surface area contributed by atoms with Crippen molar-refractivity contribution in [2.75, 3.05) is 5.75 Å². The van der Waals surface area contributed by atoms with Gasteiger partial charge in [-0.05, 0) is 19.1 Å². The average Bonchev–Trinajstić information content (AvgIpc) is 2.29. The van der Waals surface area contributed by atoms with Crippen LogP contribution in [0.15, 0.2) is 29.2 Å². The van der Waals surface area contributed by atoms with Gasteiger partial charge in [0.25, 0.3) is 0 Å². The fraction of sp³-hybridized carbons (Fsp3) is 0.455. The Morgan fingerprint density at radius 2 is 1.78 bits per heavy atom. The highest BCUT2D eigenvalue weighted by atomic mass is 32.2. The fourth-order valence-corrected chi connectivity index (χ4v) is 2.40. The molecule has 0 aliphatic carbocycles. The van der Waals surface area contributed by atoms with Gasteiger partial charge in [0, 0.05) is 10.6 Å². The van der Waals surface area contributed by atoms with Crippen LogP contribution in [-0.4, -0.2) is 28.4 Å². The lowest BCUT2D eigenvalue weighted by Gasteiger charge is -2.22. The second-order valence-corrected chi connectivity index (χ2v) is 5.40. The summed E-state index contributed by atoms with van der Waals surface area (Å²) in [5.41, 5.74) is 5.91. The number of rotatable bonds is 5. The van der Waals surface area contributed by atoms with Crippen LogP contribution in [-0.2, 0) is 10.8 Å². The summed E-state index contributed by atoms with van der Waals surface area (Å²) in [6.07, 6.45) is -3.86. The molecule has 0 aromatic heterocycles. The van der Waals surface area contributed by atoms with Crippen molar-refractivity contribution in [3.05, 3.63) is 29.8 Å². The first-order chi connectivity index (χ1) is 8.25. The maximum atomic E-state index is 12.9. The first-order valence-corrected chi connectivity index (χ1v) is 6.43. The standard InChI is InChI=1S/C11H13F4NOS/c1-7-2-4-8(5-3-7)18(17)6-9(16)11(14,15)10(12)13/h2-5,9-10H,6,16H2,1H3/t9-,18-/m1/s1. The highest BCUT2D eigenvalue weighted by Gasteiger charge is 2.47. The summed E-state index contributed by atoms with van der Waals surface area (Å²) in [5.74, 6) is -5.04. The van der Waals surface area contributed by atoms with Gasteiger partial charge in [-0.2, -0.15) is 8.78 Å². The van der Waals surface area contributed by atoms with Crippen LogP contribution in [0.4, 0.5) is 17.6 Å². The molecule has 2 N–H and O–H groups in total. The van der Waals surface area contributed by atoms with E-state index in [9.17, 15) is 21.8 Å². The van der Waals surface area contributed by atoms with Gasteiger partial charge in [0.05, 0.1) is 16.8 Å². The number of benzene rings is 1. The lowest BCUT2D eigenvalue weighted by molar-refractivity contribution is -0.139. The van der Waals surface area contributed by atoms with E-state index in [2.05, 4.69) is 0 Å². The molecule has 1 rings (SSSR count). The summed E-state index contributed by atoms with van der Waals surface area (Å²) < 4.78 is 61.5. The van der Waals surface area contributed by atoms with Crippen molar-refractivity contribution in [2.45, 2.75) is 30.2 Å². The molecule has 0 amide bonds. The van der Waals surface area contributed by atoms with Crippen LogP contribution < -0.4 is 5.73 Å². The normalized spacial score (nSPS) is 15.7. The average molecular weight is 283 g/mol. The maximum Gasteiger partial charge on any atom is 0.323 e. The summed E-state index contributed by atoms with van der Waals surface area (Å²) in [5, 5.41) is 0. The molecule has 0 aliphatic rings. The van der Waals surface area contributed by atoms with Gasteiger partial charge in [-0.1, -0.05) is 17.7 Å². The molecule has 0 spiro atoms. The van der Waals surface area contributed by atoms with Gasteiger partial charge >= 0.3 is 12.3 Å². The Hall–Kier alpha value is -0.950. The molecule has 0 radical (unpaired) electrons. The molecule has 0 saturated carbocycles. The number of aryl methyl sites for hydroxylation is 1. The highest BCUT2D eigenvalue weighted by Crippen LogP contribution is 2.26. The van der Waals surface area contributed by atoms with E-state index in [0.29, 0.717) is 4.90 Å². The van der Waals surface area contributed by atoms with Gasteiger partial charge in [0.15, 0.2) is 0 Å². The van der Waals surface area contributed by atoms with Gasteiger partial charge in [0.2, 0.25) is 0 Å². The Morgan fingerprint density at radius 3 is 2.22 bits per heavy atom. The van der Waals surface area contributed by atoms with Crippen LogP contribution in [0.1, 0.15) is 5.56 Å². The van der Waals surface area contributed by atoms with Gasteiger partial charge in [-0.15, -0.1) is 0 Å². The molecule has 1 aromatic carbocycles. The monoisotopic (exact) mass is 283 g/mol. The topological polar surface area (TPSA) is 43.1 Å². The van der Waals surface area contributed by atoms with Crippen LogP contribution in [0.3, 0.4) is 0 Å². The van der Waals surface area contributed by atoms with E-state index in [1.165, 1.54) is 12.1 Å². The molecule has 0 aliphatic heterocycles. The molecule has 0 unspecified atom stereocenters. The molecule has 0 heterocycles. The zero-order valence-electron chi connectivity index (χ0n) is 9.58. The molecule has 2 nitrogen and oxygen atoms in total. The van der Waals surface area contributed by atoms with Crippen molar-refractivity contribution in [3.8, 4) is 0 Å². The number of alkyl halides is 4. The van der Waals surface area contributed by atoms with E-state index < -0.39 is 34.9 Å². The first-order valence-electron chi connectivity index (χ1n) is 5.11. The molecule has 102 valence electrons. The Balaban J connectivity index is 2.73. The minimum absolute atomic E-state index is 0.293. The summed E-state index contributed by atoms with van der Waals surface area (Å²) in [6, 6.07) is 4.17. The predicted octanol–water partition coefficient (Wildman–Crippen LogP) is 2.33. The highest BCUT2D eigenvalue weighted by molar-refractivity contribution is 7.85. The number of hydrogen-bond acceptors (Lipinski definition) is 2. The number of hydrogen-bond donors (Lipinski definition) is 1. The Morgan fingerprint density at radius 1 is 1.28 bits per heavy atom. The molecular weight excluding hydrogens is 270 g/mol. The molecule has 2 atom stereocenters. The van der Waals surface area contributed by atoms with Crippen molar-refractivity contribution in [2.24, 2.45) is 5.73 Å². The van der Waals surface area contributed by atoms with E-state index in [1.54, 1.807) is 12.1 Å². The third-order valence-electron chi connectivity index (χ3n) is 2.40. The van der Waals surface area contributed by atoms with Gasteiger partial charge in [-0.25, -0.2) is 8.78 Å². The summed E-state index contributed by atoms with van der Waals surface area (Å²) >= 11 is 0. The molecule has 1 aromatic rings. The summed E-state index contributed by atoms with van der Waals surface area (Å²) in [6.45, 7) is 1.81. The quantitative estimate of drug-likeness (QED) is 0.843. The molecule has 0 fully saturated rings. The van der Waals surface area contributed by atoms with Crippen molar-refractivity contribution < 1.29 is 21.8 Å². The van der Waals surface area contributed by atoms with Crippen LogP contribution in [0.25, 0.3) is 0 Å². The lowest BCUT2D eigenvalue weighted by Crippen LogP contribution is -2.49. The van der Waals surface area contributed by atoms with Crippen LogP contribution in [0.5, 0.6) is 0 Å². The Labute approximate surface area is 105 Å². The van der Waals surface area contributed by atoms with Crippen molar-refractivity contribution in [3.63, 3.8) is 0 Å². The minimum Gasteiger partial charge on any atom is -0.322 e. The SMILES string of the molecule is Cc1ccc([S@](=O)C[C@@H](N)C(F)(F)C(F)F)cc1. The zero-order valence-corrected chi connectivity index (χ0v) is 10.4. The van der Waals surface area contributed by atoms with Crippen LogP contribution in [0.2, 0.25) is 0 Å². The largest absolute Gasteiger partial charge is 0.323 e. The minimum atomic E-state index is -4.33. The molecule has 18 heavy (non-hydrogen) atoms. The summed E-state index contributed by atoms with van der Waals surface area (Å²) in [7, 11) is -1.82. The third-order valence-corrected chi connectivity index (χ3v) is 3.86. The zero-order chi connectivity index (χ0) is 13.9. The van der Waals surface area contributed by atoms with E-state index in [-0.39, 0.29) is 0 Å². The molecule has 7 heteroatoms. The van der Waals surface area contributed by atoms with Gasteiger partial charge in [0.1, 0.15) is 0 Å². The van der Waals surface area contributed by atoms with Crippen LogP contribution >= 0.6 is 0 Å². The van der Waals surface area contributed by atoms with Crippen molar-refractivity contribution in [1.82, 2.24) is 0 Å². The number of halogens is 4. The predicted molar refractivity (Wildman–Crippen MR) is 61.4 cm³/mol. The Kier molecular flexibility index (Phi) is 4.86. The molecule has 0 saturated heterocycles. The van der Waals surface area contributed by atoms with Crippen molar-refractivity contribution in [1.29, 1.82) is 0 Å². The van der Waals surface area contributed by atoms with Crippen molar-refractivity contribution >= 4 is 10.8 Å². The lowest BCUT2D eigenvalue weighted by atomic mass is 10.2. The van der Waals surface area contributed by atoms with Gasteiger partial charge < -0.3 is 5.73 Å². The second kappa shape index (κ2) is 5.79. The molecule has 0 bridgehead atoms. The molecular formula is C11H13F4NOS. The first kappa shape index (κ1) is 15.1. The maximum absolute atomic E-state index is 12.9. The van der Waals surface area contributed by atoms with E-state index in [1.807, 2.05) is 6.92 Å². The van der Waals surface area contributed by atoms with E-state index in [4.69, 9.17) is 5.73 Å². The third kappa shape index (κ3) is 3.52. The summed E-state index contributed by atoms with van der Waals surface area (Å²) in [4.78, 5) is 0.293. The second-order valence-electron chi connectivity index (χ2n) is 3.91. The van der Waals surface area contributed by atoms with E-state index in [0.717, 1.165) is 5.56 Å². The van der Waals surface area contributed by atoms with Gasteiger partial charge in [-0.3, -0.25) is 4.21 Å².